The smallest absolute Gasteiger partial charge is 0.0441 e. The van der Waals surface area contributed by atoms with Crippen LogP contribution in [0.4, 0.5) is 0 Å². The number of hydrogen-bond acceptors (Lipinski definition) is 2. The maximum Gasteiger partial charge on any atom is 0.0441 e. The van der Waals surface area contributed by atoms with Crippen molar-refractivity contribution in [1.29, 1.82) is 0 Å². The molecule has 0 aromatic carbocycles. The fourth-order valence-electron chi connectivity index (χ4n) is 1.10. The van der Waals surface area contributed by atoms with Crippen LogP contribution in [-0.4, -0.2) is 0 Å². The van der Waals surface area contributed by atoms with Crippen LogP contribution in [0, 0.1) is 12.3 Å². The predicted molar refractivity (Wildman–Crippen MR) is 62.7 cm³/mol. The van der Waals surface area contributed by atoms with E-state index in [0.717, 1.165) is 0 Å². The highest BCUT2D eigenvalue weighted by atomic mass is 35.5. The Bertz CT molecular complexity index is 262. The summed E-state index contributed by atoms with van der Waals surface area (Å²) in [6, 6.07) is 2.29. The normalized spacial score (nSPS) is 13.6. The lowest BCUT2D eigenvalue weighted by Gasteiger charge is -2.26. The average Bonchev–Trinajstić information content (AvgIpc) is 2.31. The third kappa shape index (κ3) is 2.97. The standard InChI is InChI=1S/C10H17NS.ClH/c1-7-5-6-12-8(7)9(11)10(2,3)4;/h5-6,9H,11H2,1-4H3;1H/t9-;/m1./s1. The molecule has 0 saturated carbocycles. The lowest BCUT2D eigenvalue weighted by atomic mass is 9.85. The molecule has 76 valence electrons. The van der Waals surface area contributed by atoms with Crippen molar-refractivity contribution in [2.45, 2.75) is 33.7 Å². The van der Waals surface area contributed by atoms with Crippen LogP contribution in [0.3, 0.4) is 0 Å². The molecule has 3 heteroatoms. The van der Waals surface area contributed by atoms with Crippen molar-refractivity contribution in [3.8, 4) is 0 Å². The number of aryl methyl sites for hydroxylation is 1. The maximum absolute atomic E-state index is 6.13. The molecule has 0 radical (unpaired) electrons. The average molecular weight is 220 g/mol. The van der Waals surface area contributed by atoms with Crippen molar-refractivity contribution in [1.82, 2.24) is 0 Å². The van der Waals surface area contributed by atoms with Crippen LogP contribution in [0.5, 0.6) is 0 Å². The molecule has 1 aromatic rings. The summed E-state index contributed by atoms with van der Waals surface area (Å²) >= 11 is 1.76. The molecule has 13 heavy (non-hydrogen) atoms. The van der Waals surface area contributed by atoms with Gasteiger partial charge in [-0.3, -0.25) is 0 Å². The van der Waals surface area contributed by atoms with Gasteiger partial charge in [-0.25, -0.2) is 0 Å². The highest BCUT2D eigenvalue weighted by Crippen LogP contribution is 2.34. The van der Waals surface area contributed by atoms with Gasteiger partial charge in [-0.1, -0.05) is 20.8 Å². The van der Waals surface area contributed by atoms with Gasteiger partial charge in [0.25, 0.3) is 0 Å². The fourth-order valence-corrected chi connectivity index (χ4v) is 2.27. The first-order valence-corrected chi connectivity index (χ1v) is 5.10. The maximum atomic E-state index is 6.13. The number of nitrogens with two attached hydrogens (primary N) is 1. The summed E-state index contributed by atoms with van der Waals surface area (Å²) < 4.78 is 0. The fraction of sp³-hybridized carbons (Fsp3) is 0.600. The van der Waals surface area contributed by atoms with E-state index in [1.54, 1.807) is 11.3 Å². The highest BCUT2D eigenvalue weighted by molar-refractivity contribution is 7.10. The molecular formula is C10H18ClNS. The van der Waals surface area contributed by atoms with E-state index >= 15 is 0 Å². The van der Waals surface area contributed by atoms with Crippen LogP contribution in [0.25, 0.3) is 0 Å². The lowest BCUT2D eigenvalue weighted by Crippen LogP contribution is -2.25. The zero-order valence-electron chi connectivity index (χ0n) is 8.63. The van der Waals surface area contributed by atoms with E-state index < -0.39 is 0 Å². The molecule has 1 nitrogen and oxygen atoms in total. The van der Waals surface area contributed by atoms with Crippen molar-refractivity contribution in [2.24, 2.45) is 11.1 Å². The third-order valence-corrected chi connectivity index (χ3v) is 3.22. The Balaban J connectivity index is 0.00000144. The zero-order chi connectivity index (χ0) is 9.35. The van der Waals surface area contributed by atoms with Gasteiger partial charge in [-0.2, -0.15) is 0 Å². The second-order valence-electron chi connectivity index (χ2n) is 4.31. The quantitative estimate of drug-likeness (QED) is 0.769. The van der Waals surface area contributed by atoms with Gasteiger partial charge in [0.1, 0.15) is 0 Å². The van der Waals surface area contributed by atoms with Crippen molar-refractivity contribution < 1.29 is 0 Å². The molecule has 1 atom stereocenters. The van der Waals surface area contributed by atoms with Crippen molar-refractivity contribution in [3.63, 3.8) is 0 Å². The molecule has 0 saturated heterocycles. The van der Waals surface area contributed by atoms with Crippen LogP contribution >= 0.6 is 23.7 Å². The lowest BCUT2D eigenvalue weighted by molar-refractivity contribution is 0.330. The zero-order valence-corrected chi connectivity index (χ0v) is 10.3. The second-order valence-corrected chi connectivity index (χ2v) is 5.26. The van der Waals surface area contributed by atoms with Gasteiger partial charge in [0.2, 0.25) is 0 Å². The molecule has 0 aliphatic carbocycles. The molecule has 0 unspecified atom stereocenters. The minimum absolute atomic E-state index is 0. The van der Waals surface area contributed by atoms with E-state index in [-0.39, 0.29) is 23.9 Å². The summed E-state index contributed by atoms with van der Waals surface area (Å²) in [5, 5.41) is 2.11. The minimum atomic E-state index is 0. The Morgan fingerprint density at radius 3 is 2.23 bits per heavy atom. The molecule has 0 fully saturated rings. The molecule has 2 N–H and O–H groups in total. The van der Waals surface area contributed by atoms with Crippen molar-refractivity contribution >= 4 is 23.7 Å². The first kappa shape index (κ1) is 12.9. The number of rotatable bonds is 1. The Labute approximate surface area is 90.8 Å². The molecule has 0 amide bonds. The summed E-state index contributed by atoms with van der Waals surface area (Å²) in [6.45, 7) is 8.65. The molecule has 0 bridgehead atoms. The number of hydrogen-bond donors (Lipinski definition) is 1. The van der Waals surface area contributed by atoms with Crippen molar-refractivity contribution in [3.05, 3.63) is 21.9 Å². The van der Waals surface area contributed by atoms with Crippen LogP contribution < -0.4 is 5.73 Å². The number of halogens is 1. The molecule has 1 rings (SSSR count). The van der Waals surface area contributed by atoms with E-state index in [1.165, 1.54) is 10.4 Å². The summed E-state index contributed by atoms with van der Waals surface area (Å²) in [6.07, 6.45) is 0. The largest absolute Gasteiger partial charge is 0.323 e. The molecular weight excluding hydrogens is 202 g/mol. The van der Waals surface area contributed by atoms with Crippen LogP contribution in [0.1, 0.15) is 37.3 Å². The van der Waals surface area contributed by atoms with E-state index in [2.05, 4.69) is 39.1 Å². The SMILES string of the molecule is Cc1ccsc1[C@@H](N)C(C)(C)C.Cl. The Morgan fingerprint density at radius 2 is 1.92 bits per heavy atom. The van der Waals surface area contributed by atoms with Gasteiger partial charge in [0, 0.05) is 10.9 Å². The second kappa shape index (κ2) is 4.45. The monoisotopic (exact) mass is 219 g/mol. The Hall–Kier alpha value is -0.0500. The minimum Gasteiger partial charge on any atom is -0.323 e. The van der Waals surface area contributed by atoms with E-state index in [1.807, 2.05) is 0 Å². The highest BCUT2D eigenvalue weighted by Gasteiger charge is 2.24. The van der Waals surface area contributed by atoms with Crippen LogP contribution in [0.2, 0.25) is 0 Å². The first-order valence-electron chi connectivity index (χ1n) is 4.22. The summed E-state index contributed by atoms with van der Waals surface area (Å²) in [4.78, 5) is 1.32. The van der Waals surface area contributed by atoms with Crippen molar-refractivity contribution in [2.75, 3.05) is 0 Å². The first-order chi connectivity index (χ1) is 5.43. The van der Waals surface area contributed by atoms with Gasteiger partial charge < -0.3 is 5.73 Å². The van der Waals surface area contributed by atoms with Gasteiger partial charge in [0.15, 0.2) is 0 Å². The molecule has 1 aromatic heterocycles. The number of thiophene rings is 1. The molecule has 0 aliphatic heterocycles. The molecule has 0 aliphatic rings. The summed E-state index contributed by atoms with van der Waals surface area (Å²) in [5.41, 5.74) is 7.61. The molecule has 1 heterocycles. The van der Waals surface area contributed by atoms with Gasteiger partial charge in [0.05, 0.1) is 0 Å². The van der Waals surface area contributed by atoms with Crippen LogP contribution in [-0.2, 0) is 0 Å². The Morgan fingerprint density at radius 1 is 1.38 bits per heavy atom. The Kier molecular flexibility index (Phi) is 4.43. The van der Waals surface area contributed by atoms with Crippen LogP contribution in [0.15, 0.2) is 11.4 Å². The van der Waals surface area contributed by atoms with Gasteiger partial charge >= 0.3 is 0 Å². The predicted octanol–water partition coefficient (Wildman–Crippen LogP) is 3.52. The van der Waals surface area contributed by atoms with E-state index in [4.69, 9.17) is 5.73 Å². The summed E-state index contributed by atoms with van der Waals surface area (Å²) in [5.74, 6) is 0. The third-order valence-electron chi connectivity index (χ3n) is 2.12. The van der Waals surface area contributed by atoms with E-state index in [9.17, 15) is 0 Å². The van der Waals surface area contributed by atoms with Gasteiger partial charge in [-0.05, 0) is 29.3 Å². The topological polar surface area (TPSA) is 26.0 Å². The molecule has 0 spiro atoms. The summed E-state index contributed by atoms with van der Waals surface area (Å²) in [7, 11) is 0. The van der Waals surface area contributed by atoms with E-state index in [0.29, 0.717) is 0 Å². The van der Waals surface area contributed by atoms with Gasteiger partial charge in [-0.15, -0.1) is 23.7 Å².